The lowest BCUT2D eigenvalue weighted by Crippen LogP contribution is -2.27. The van der Waals surface area contributed by atoms with Gasteiger partial charge in [-0.15, -0.1) is 0 Å². The van der Waals surface area contributed by atoms with E-state index in [1.807, 2.05) is 12.3 Å². The minimum Gasteiger partial charge on any atom is -0.350 e. The van der Waals surface area contributed by atoms with E-state index in [1.54, 1.807) is 10.9 Å². The van der Waals surface area contributed by atoms with Crippen molar-refractivity contribution in [2.75, 3.05) is 6.54 Å². The standard InChI is InChI=1S/C11H10Cl2N4O/c12-9-6-8(7-15-10(9)13)11(18)14-3-5-17-4-1-2-16-17/h1-2,4,6-7H,3,5H2,(H,14,18). The van der Waals surface area contributed by atoms with Crippen LogP contribution in [0, 0.1) is 0 Å². The van der Waals surface area contributed by atoms with Gasteiger partial charge in [0.1, 0.15) is 5.15 Å². The van der Waals surface area contributed by atoms with Gasteiger partial charge in [0.15, 0.2) is 0 Å². The lowest BCUT2D eigenvalue weighted by Gasteiger charge is -2.05. The van der Waals surface area contributed by atoms with Crippen LogP contribution in [-0.4, -0.2) is 27.2 Å². The molecule has 0 unspecified atom stereocenters. The van der Waals surface area contributed by atoms with Crippen LogP contribution < -0.4 is 5.32 Å². The van der Waals surface area contributed by atoms with Crippen molar-refractivity contribution in [3.63, 3.8) is 0 Å². The number of halogens is 2. The molecule has 7 heteroatoms. The van der Waals surface area contributed by atoms with E-state index in [0.29, 0.717) is 18.7 Å². The first-order chi connectivity index (χ1) is 8.66. The normalized spacial score (nSPS) is 10.3. The van der Waals surface area contributed by atoms with Crippen molar-refractivity contribution in [3.05, 3.63) is 46.5 Å². The quantitative estimate of drug-likeness (QED) is 0.874. The van der Waals surface area contributed by atoms with Crippen LogP contribution in [0.25, 0.3) is 0 Å². The molecule has 0 aliphatic heterocycles. The summed E-state index contributed by atoms with van der Waals surface area (Å²) >= 11 is 11.5. The van der Waals surface area contributed by atoms with Crippen LogP contribution in [-0.2, 0) is 6.54 Å². The minimum atomic E-state index is -0.242. The van der Waals surface area contributed by atoms with Crippen LogP contribution in [0.3, 0.4) is 0 Å². The van der Waals surface area contributed by atoms with Crippen LogP contribution in [0.5, 0.6) is 0 Å². The van der Waals surface area contributed by atoms with Gasteiger partial charge in [-0.05, 0) is 12.1 Å². The number of amides is 1. The largest absolute Gasteiger partial charge is 0.350 e. The molecule has 2 heterocycles. The highest BCUT2D eigenvalue weighted by Gasteiger charge is 2.08. The van der Waals surface area contributed by atoms with Crippen molar-refractivity contribution in [1.82, 2.24) is 20.1 Å². The van der Waals surface area contributed by atoms with Gasteiger partial charge in [0.2, 0.25) is 0 Å². The predicted molar refractivity (Wildman–Crippen MR) is 68.8 cm³/mol. The molecule has 0 aliphatic rings. The monoisotopic (exact) mass is 284 g/mol. The molecule has 2 aromatic rings. The molecule has 0 spiro atoms. The van der Waals surface area contributed by atoms with E-state index in [4.69, 9.17) is 23.2 Å². The van der Waals surface area contributed by atoms with Gasteiger partial charge in [-0.1, -0.05) is 23.2 Å². The minimum absolute atomic E-state index is 0.185. The van der Waals surface area contributed by atoms with E-state index >= 15 is 0 Å². The number of aromatic nitrogens is 3. The molecule has 0 fully saturated rings. The number of carbonyl (C=O) groups is 1. The lowest BCUT2D eigenvalue weighted by atomic mass is 10.2. The molecule has 0 saturated heterocycles. The Kier molecular flexibility index (Phi) is 4.17. The van der Waals surface area contributed by atoms with Crippen LogP contribution in [0.4, 0.5) is 0 Å². The fraction of sp³-hybridized carbons (Fsp3) is 0.182. The van der Waals surface area contributed by atoms with Crippen LogP contribution in [0.15, 0.2) is 30.7 Å². The van der Waals surface area contributed by atoms with E-state index in [0.717, 1.165) is 0 Å². The molecule has 0 saturated carbocycles. The number of hydrogen-bond acceptors (Lipinski definition) is 3. The van der Waals surface area contributed by atoms with Gasteiger partial charge < -0.3 is 5.32 Å². The van der Waals surface area contributed by atoms with E-state index < -0.39 is 0 Å². The molecule has 2 rings (SSSR count). The maximum Gasteiger partial charge on any atom is 0.252 e. The maximum absolute atomic E-state index is 11.8. The number of rotatable bonds is 4. The van der Waals surface area contributed by atoms with Gasteiger partial charge in [0.25, 0.3) is 5.91 Å². The number of hydrogen-bond donors (Lipinski definition) is 1. The average molecular weight is 285 g/mol. The smallest absolute Gasteiger partial charge is 0.252 e. The molecule has 18 heavy (non-hydrogen) atoms. The highest BCUT2D eigenvalue weighted by atomic mass is 35.5. The van der Waals surface area contributed by atoms with Crippen molar-refractivity contribution in [2.24, 2.45) is 0 Å². The Morgan fingerprint density at radius 1 is 1.44 bits per heavy atom. The molecular weight excluding hydrogens is 275 g/mol. The number of pyridine rings is 1. The van der Waals surface area contributed by atoms with Gasteiger partial charge in [0.05, 0.1) is 17.1 Å². The summed E-state index contributed by atoms with van der Waals surface area (Å²) in [4.78, 5) is 15.6. The van der Waals surface area contributed by atoms with Crippen LogP contribution >= 0.6 is 23.2 Å². The summed E-state index contributed by atoms with van der Waals surface area (Å²) in [5.41, 5.74) is 0.380. The first-order valence-electron chi connectivity index (χ1n) is 5.23. The van der Waals surface area contributed by atoms with E-state index in [-0.39, 0.29) is 16.1 Å². The Hall–Kier alpha value is -1.59. The summed E-state index contributed by atoms with van der Waals surface area (Å²) in [5.74, 6) is -0.242. The number of carbonyl (C=O) groups excluding carboxylic acids is 1. The third-order valence-electron chi connectivity index (χ3n) is 2.24. The zero-order valence-electron chi connectivity index (χ0n) is 9.31. The summed E-state index contributed by atoms with van der Waals surface area (Å²) in [6, 6.07) is 3.31. The number of nitrogens with zero attached hydrogens (tertiary/aromatic N) is 3. The van der Waals surface area contributed by atoms with Crippen molar-refractivity contribution >= 4 is 29.1 Å². The molecule has 1 N–H and O–H groups in total. The highest BCUT2D eigenvalue weighted by molar-refractivity contribution is 6.41. The maximum atomic E-state index is 11.8. The molecular formula is C11H10Cl2N4O. The first-order valence-corrected chi connectivity index (χ1v) is 5.99. The highest BCUT2D eigenvalue weighted by Crippen LogP contribution is 2.19. The second-order valence-corrected chi connectivity index (χ2v) is 4.29. The molecule has 0 radical (unpaired) electrons. The van der Waals surface area contributed by atoms with Gasteiger partial charge in [-0.2, -0.15) is 5.10 Å². The fourth-order valence-corrected chi connectivity index (χ4v) is 1.63. The molecule has 2 aromatic heterocycles. The van der Waals surface area contributed by atoms with Gasteiger partial charge in [-0.25, -0.2) is 4.98 Å². The van der Waals surface area contributed by atoms with Gasteiger partial charge >= 0.3 is 0 Å². The third-order valence-corrected chi connectivity index (χ3v) is 2.93. The van der Waals surface area contributed by atoms with E-state index in [2.05, 4.69) is 15.4 Å². The Bertz CT molecular complexity index is 542. The summed E-state index contributed by atoms with van der Waals surface area (Å²) in [6.07, 6.45) is 4.90. The third kappa shape index (κ3) is 3.21. The molecule has 0 aliphatic carbocycles. The second-order valence-electron chi connectivity index (χ2n) is 3.52. The van der Waals surface area contributed by atoms with E-state index in [9.17, 15) is 4.79 Å². The predicted octanol–water partition coefficient (Wildman–Crippen LogP) is 2.01. The Morgan fingerprint density at radius 2 is 2.28 bits per heavy atom. The van der Waals surface area contributed by atoms with Gasteiger partial charge in [-0.3, -0.25) is 9.48 Å². The lowest BCUT2D eigenvalue weighted by molar-refractivity contribution is 0.0951. The van der Waals surface area contributed by atoms with E-state index in [1.165, 1.54) is 12.3 Å². The zero-order chi connectivity index (χ0) is 13.0. The second kappa shape index (κ2) is 5.84. The Balaban J connectivity index is 1.89. The molecule has 0 bridgehead atoms. The van der Waals surface area contributed by atoms with Crippen LogP contribution in [0.2, 0.25) is 10.2 Å². The summed E-state index contributed by atoms with van der Waals surface area (Å²) < 4.78 is 1.73. The van der Waals surface area contributed by atoms with Crippen molar-refractivity contribution in [2.45, 2.75) is 6.54 Å². The van der Waals surface area contributed by atoms with Crippen molar-refractivity contribution in [3.8, 4) is 0 Å². The first kappa shape index (κ1) is 12.9. The summed E-state index contributed by atoms with van der Waals surface area (Å²) in [6.45, 7) is 1.08. The SMILES string of the molecule is O=C(NCCn1cccn1)c1cnc(Cl)c(Cl)c1. The summed E-state index contributed by atoms with van der Waals surface area (Å²) in [7, 11) is 0. The molecule has 1 amide bonds. The average Bonchev–Trinajstić information content (AvgIpc) is 2.85. The summed E-state index contributed by atoms with van der Waals surface area (Å²) in [5, 5.41) is 7.21. The molecule has 5 nitrogen and oxygen atoms in total. The Morgan fingerprint density at radius 3 is 2.94 bits per heavy atom. The molecule has 94 valence electrons. The topological polar surface area (TPSA) is 59.8 Å². The van der Waals surface area contributed by atoms with Gasteiger partial charge in [0, 0.05) is 25.1 Å². The molecule has 0 atom stereocenters. The Labute approximate surface area is 114 Å². The number of nitrogens with one attached hydrogen (secondary N) is 1. The van der Waals surface area contributed by atoms with Crippen molar-refractivity contribution in [1.29, 1.82) is 0 Å². The van der Waals surface area contributed by atoms with Crippen molar-refractivity contribution < 1.29 is 4.79 Å². The molecule has 0 aromatic carbocycles. The van der Waals surface area contributed by atoms with Crippen LogP contribution in [0.1, 0.15) is 10.4 Å². The fourth-order valence-electron chi connectivity index (χ4n) is 1.36. The zero-order valence-corrected chi connectivity index (χ0v) is 10.8.